The number of unbranched alkanes of at least 4 members (excludes halogenated alkanes) is 1. The molecule has 0 aliphatic carbocycles. The molecule has 2 amide bonds. The second-order valence-electron chi connectivity index (χ2n) is 4.38. The van der Waals surface area contributed by atoms with Crippen LogP contribution in [0, 0.1) is 0 Å². The van der Waals surface area contributed by atoms with Crippen molar-refractivity contribution in [1.82, 2.24) is 5.32 Å². The van der Waals surface area contributed by atoms with Crippen LogP contribution in [-0.2, 0) is 6.42 Å². The zero-order chi connectivity index (χ0) is 12.3. The summed E-state index contributed by atoms with van der Waals surface area (Å²) in [6.07, 6.45) is 3.02. The molecule has 0 spiro atoms. The van der Waals surface area contributed by atoms with Crippen molar-refractivity contribution < 1.29 is 4.79 Å². The molecule has 0 radical (unpaired) electrons. The molecule has 0 bridgehead atoms. The monoisotopic (exact) mass is 233 g/mol. The highest BCUT2D eigenvalue weighted by Gasteiger charge is 2.24. The Morgan fingerprint density at radius 2 is 2.35 bits per heavy atom. The highest BCUT2D eigenvalue weighted by Crippen LogP contribution is 2.29. The lowest BCUT2D eigenvalue weighted by molar-refractivity contribution is 0.246. The molecule has 1 aliphatic heterocycles. The molecule has 1 heterocycles. The molecule has 92 valence electrons. The van der Waals surface area contributed by atoms with Crippen LogP contribution >= 0.6 is 0 Å². The molecule has 1 aromatic carbocycles. The lowest BCUT2D eigenvalue weighted by Gasteiger charge is -2.18. The minimum atomic E-state index is -0.0113. The predicted molar refractivity (Wildman–Crippen MR) is 70.2 cm³/mol. The molecular weight excluding hydrogens is 214 g/mol. The number of amides is 2. The van der Waals surface area contributed by atoms with Gasteiger partial charge in [0, 0.05) is 18.8 Å². The van der Waals surface area contributed by atoms with Crippen LogP contribution in [0.3, 0.4) is 0 Å². The number of fused-ring (bicyclic) bond motifs is 1. The van der Waals surface area contributed by atoms with Crippen LogP contribution in [0.1, 0.15) is 25.3 Å². The zero-order valence-electron chi connectivity index (χ0n) is 10.2. The molecule has 2 rings (SSSR count). The Hall–Kier alpha value is -1.71. The maximum Gasteiger partial charge on any atom is 0.321 e. The van der Waals surface area contributed by atoms with Crippen LogP contribution in [-0.4, -0.2) is 19.1 Å². The van der Waals surface area contributed by atoms with E-state index in [2.05, 4.69) is 12.2 Å². The number of nitrogens with two attached hydrogens (primary N) is 1. The Balaban J connectivity index is 2.05. The number of hydrogen-bond donors (Lipinski definition) is 2. The van der Waals surface area contributed by atoms with Crippen molar-refractivity contribution in [2.45, 2.75) is 26.2 Å². The zero-order valence-corrected chi connectivity index (χ0v) is 10.2. The van der Waals surface area contributed by atoms with Crippen LogP contribution < -0.4 is 16.0 Å². The van der Waals surface area contributed by atoms with Gasteiger partial charge in [-0.25, -0.2) is 4.79 Å². The van der Waals surface area contributed by atoms with Gasteiger partial charge in [0.2, 0.25) is 0 Å². The molecule has 0 aromatic heterocycles. The molecule has 4 nitrogen and oxygen atoms in total. The smallest absolute Gasteiger partial charge is 0.321 e. The molecule has 3 N–H and O–H groups in total. The molecule has 0 saturated heterocycles. The summed E-state index contributed by atoms with van der Waals surface area (Å²) in [4.78, 5) is 13.7. The third-order valence-electron chi connectivity index (χ3n) is 3.06. The molecule has 1 aromatic rings. The van der Waals surface area contributed by atoms with Crippen LogP contribution in [0.15, 0.2) is 18.2 Å². The largest absolute Gasteiger partial charge is 0.399 e. The average molecular weight is 233 g/mol. The number of carbonyl (C=O) groups excluding carboxylic acids is 1. The van der Waals surface area contributed by atoms with Crippen LogP contribution in [0.2, 0.25) is 0 Å². The first-order valence-corrected chi connectivity index (χ1v) is 6.16. The minimum absolute atomic E-state index is 0.0113. The molecule has 0 saturated carbocycles. The highest BCUT2D eigenvalue weighted by atomic mass is 16.2. The number of hydrogen-bond acceptors (Lipinski definition) is 2. The first-order valence-electron chi connectivity index (χ1n) is 6.16. The van der Waals surface area contributed by atoms with Gasteiger partial charge in [-0.3, -0.25) is 4.90 Å². The summed E-state index contributed by atoms with van der Waals surface area (Å²) in [5, 5.41) is 2.93. The van der Waals surface area contributed by atoms with Crippen molar-refractivity contribution in [3.8, 4) is 0 Å². The maximum absolute atomic E-state index is 12.0. The summed E-state index contributed by atoms with van der Waals surface area (Å²) in [5.41, 5.74) is 8.62. The van der Waals surface area contributed by atoms with Gasteiger partial charge >= 0.3 is 6.03 Å². The standard InChI is InChI=1S/C13H19N3O/c1-2-3-7-15-13(17)16-8-6-10-4-5-11(14)9-12(10)16/h4-5,9H,2-3,6-8,14H2,1H3,(H,15,17). The van der Waals surface area contributed by atoms with E-state index >= 15 is 0 Å². The lowest BCUT2D eigenvalue weighted by atomic mass is 10.1. The SMILES string of the molecule is CCCCNC(=O)N1CCc2ccc(N)cc21. The van der Waals surface area contributed by atoms with E-state index < -0.39 is 0 Å². The molecule has 17 heavy (non-hydrogen) atoms. The Bertz CT molecular complexity index is 417. The first kappa shape index (κ1) is 11.8. The normalized spacial score (nSPS) is 13.6. The van der Waals surface area contributed by atoms with E-state index in [9.17, 15) is 4.79 Å². The van der Waals surface area contributed by atoms with Gasteiger partial charge in [-0.15, -0.1) is 0 Å². The van der Waals surface area contributed by atoms with Gasteiger partial charge in [-0.05, 0) is 30.5 Å². The molecular formula is C13H19N3O. The van der Waals surface area contributed by atoms with Gasteiger partial charge in [-0.1, -0.05) is 19.4 Å². The van der Waals surface area contributed by atoms with Crippen LogP contribution in [0.5, 0.6) is 0 Å². The summed E-state index contributed by atoms with van der Waals surface area (Å²) in [6, 6.07) is 5.76. The third kappa shape index (κ3) is 2.52. The van der Waals surface area contributed by atoms with E-state index in [4.69, 9.17) is 5.73 Å². The summed E-state index contributed by atoms with van der Waals surface area (Å²) in [6.45, 7) is 3.60. The van der Waals surface area contributed by atoms with E-state index in [0.717, 1.165) is 38.0 Å². The van der Waals surface area contributed by atoms with Gasteiger partial charge in [-0.2, -0.15) is 0 Å². The maximum atomic E-state index is 12.0. The van der Waals surface area contributed by atoms with E-state index in [1.54, 1.807) is 4.90 Å². The summed E-state index contributed by atoms with van der Waals surface area (Å²) in [7, 11) is 0. The molecule has 0 unspecified atom stereocenters. The number of urea groups is 1. The predicted octanol–water partition coefficient (Wildman–Crippen LogP) is 2.14. The number of carbonyl (C=O) groups is 1. The van der Waals surface area contributed by atoms with Crippen LogP contribution in [0.25, 0.3) is 0 Å². The van der Waals surface area contributed by atoms with Crippen molar-refractivity contribution >= 4 is 17.4 Å². The summed E-state index contributed by atoms with van der Waals surface area (Å²) in [5.74, 6) is 0. The van der Waals surface area contributed by atoms with Gasteiger partial charge in [0.05, 0.1) is 5.69 Å². The minimum Gasteiger partial charge on any atom is -0.399 e. The number of nitrogens with one attached hydrogen (secondary N) is 1. The Morgan fingerprint density at radius 1 is 1.53 bits per heavy atom. The van der Waals surface area contributed by atoms with E-state index in [1.165, 1.54) is 5.56 Å². The molecule has 0 atom stereocenters. The fraction of sp³-hybridized carbons (Fsp3) is 0.462. The van der Waals surface area contributed by atoms with Crippen molar-refractivity contribution in [2.75, 3.05) is 23.7 Å². The number of anilines is 2. The number of nitrogen functional groups attached to an aromatic ring is 1. The quantitative estimate of drug-likeness (QED) is 0.620. The fourth-order valence-electron chi connectivity index (χ4n) is 2.07. The van der Waals surface area contributed by atoms with E-state index in [1.807, 2.05) is 18.2 Å². The van der Waals surface area contributed by atoms with Gasteiger partial charge < -0.3 is 11.1 Å². The van der Waals surface area contributed by atoms with E-state index in [0.29, 0.717) is 5.69 Å². The number of nitrogens with zero attached hydrogens (tertiary/aromatic N) is 1. The summed E-state index contributed by atoms with van der Waals surface area (Å²) < 4.78 is 0. The number of benzene rings is 1. The summed E-state index contributed by atoms with van der Waals surface area (Å²) >= 11 is 0. The first-order chi connectivity index (χ1) is 8.22. The third-order valence-corrected chi connectivity index (χ3v) is 3.06. The molecule has 1 aliphatic rings. The van der Waals surface area contributed by atoms with Gasteiger partial charge in [0.15, 0.2) is 0 Å². The van der Waals surface area contributed by atoms with Crippen LogP contribution in [0.4, 0.5) is 16.2 Å². The van der Waals surface area contributed by atoms with Crippen molar-refractivity contribution in [3.63, 3.8) is 0 Å². The highest BCUT2D eigenvalue weighted by molar-refractivity contribution is 5.94. The molecule has 0 fully saturated rings. The second kappa shape index (κ2) is 5.08. The Morgan fingerprint density at radius 3 is 3.12 bits per heavy atom. The Kier molecular flexibility index (Phi) is 3.52. The van der Waals surface area contributed by atoms with Crippen molar-refractivity contribution in [3.05, 3.63) is 23.8 Å². The lowest BCUT2D eigenvalue weighted by Crippen LogP contribution is -2.39. The van der Waals surface area contributed by atoms with Crippen molar-refractivity contribution in [2.24, 2.45) is 0 Å². The fourth-order valence-corrected chi connectivity index (χ4v) is 2.07. The Labute approximate surface area is 102 Å². The van der Waals surface area contributed by atoms with Gasteiger partial charge in [0.25, 0.3) is 0 Å². The van der Waals surface area contributed by atoms with Gasteiger partial charge in [0.1, 0.15) is 0 Å². The van der Waals surface area contributed by atoms with E-state index in [-0.39, 0.29) is 6.03 Å². The second-order valence-corrected chi connectivity index (χ2v) is 4.38. The van der Waals surface area contributed by atoms with Crippen molar-refractivity contribution in [1.29, 1.82) is 0 Å². The average Bonchev–Trinajstić information content (AvgIpc) is 2.72. The topological polar surface area (TPSA) is 58.4 Å². The number of rotatable bonds is 3. The molecule has 4 heteroatoms.